The fraction of sp³-hybridized carbons (Fsp3) is 0.222. The fourth-order valence-corrected chi connectivity index (χ4v) is 2.87. The Morgan fingerprint density at radius 2 is 2.20 bits per heavy atom. The van der Waals surface area contributed by atoms with Crippen molar-refractivity contribution in [3.8, 4) is 0 Å². The quantitative estimate of drug-likeness (QED) is 0.789. The van der Waals surface area contributed by atoms with Gasteiger partial charge in [0.1, 0.15) is 0 Å². The molecule has 0 saturated heterocycles. The summed E-state index contributed by atoms with van der Waals surface area (Å²) in [4.78, 5) is 4.07. The molecule has 0 spiro atoms. The molecule has 0 fully saturated rings. The van der Waals surface area contributed by atoms with Gasteiger partial charge < -0.3 is 0 Å². The average molecular weight is 245 g/mol. The van der Waals surface area contributed by atoms with Gasteiger partial charge in [0.25, 0.3) is 10.0 Å². The minimum atomic E-state index is -3.46. The smallest absolute Gasteiger partial charge is 0.265 e. The van der Waals surface area contributed by atoms with Crippen LogP contribution in [0.2, 0.25) is 5.02 Å². The number of sulfonamides is 1. The first-order chi connectivity index (χ1) is 7.10. The molecular weight excluding hydrogens is 236 g/mol. The monoisotopic (exact) mass is 244 g/mol. The van der Waals surface area contributed by atoms with Gasteiger partial charge in [0.05, 0.1) is 24.3 Å². The summed E-state index contributed by atoms with van der Waals surface area (Å²) >= 11 is 5.74. The van der Waals surface area contributed by atoms with E-state index in [0.29, 0.717) is 18.1 Å². The number of halogens is 1. The van der Waals surface area contributed by atoms with Crippen LogP contribution in [0.3, 0.4) is 0 Å². The van der Waals surface area contributed by atoms with Gasteiger partial charge >= 0.3 is 0 Å². The number of rotatable bonds is 2. The highest BCUT2D eigenvalue weighted by Gasteiger charge is 2.23. The molecular formula is C9H9ClN2O2S. The third-order valence-corrected chi connectivity index (χ3v) is 4.04. The molecule has 0 N–H and O–H groups in total. The van der Waals surface area contributed by atoms with Gasteiger partial charge in [-0.1, -0.05) is 17.7 Å². The zero-order chi connectivity index (χ0) is 10.9. The van der Waals surface area contributed by atoms with Crippen molar-refractivity contribution in [3.05, 3.63) is 29.3 Å². The molecule has 80 valence electrons. The lowest BCUT2D eigenvalue weighted by atomic mass is 10.4. The van der Waals surface area contributed by atoms with Gasteiger partial charge in [0, 0.05) is 5.02 Å². The van der Waals surface area contributed by atoms with Crippen molar-refractivity contribution in [3.63, 3.8) is 0 Å². The van der Waals surface area contributed by atoms with Crippen molar-refractivity contribution in [1.29, 1.82) is 0 Å². The van der Waals surface area contributed by atoms with Gasteiger partial charge in [-0.3, -0.25) is 9.30 Å². The summed E-state index contributed by atoms with van der Waals surface area (Å²) in [6, 6.07) is 6.21. The van der Waals surface area contributed by atoms with E-state index in [-0.39, 0.29) is 4.90 Å². The van der Waals surface area contributed by atoms with Gasteiger partial charge in [-0.25, -0.2) is 8.42 Å². The molecule has 1 aromatic rings. The van der Waals surface area contributed by atoms with Crippen LogP contribution in [-0.4, -0.2) is 32.2 Å². The highest BCUT2D eigenvalue weighted by molar-refractivity contribution is 7.89. The Kier molecular flexibility index (Phi) is 2.67. The normalized spacial score (nSPS) is 15.9. The number of aliphatic imine (C=N–C) groups is 1. The van der Waals surface area contributed by atoms with Crippen LogP contribution < -0.4 is 0 Å². The van der Waals surface area contributed by atoms with Gasteiger partial charge in [-0.05, 0) is 18.2 Å². The zero-order valence-corrected chi connectivity index (χ0v) is 9.37. The van der Waals surface area contributed by atoms with Crippen LogP contribution >= 0.6 is 11.6 Å². The van der Waals surface area contributed by atoms with E-state index in [9.17, 15) is 8.42 Å². The molecule has 0 unspecified atom stereocenters. The van der Waals surface area contributed by atoms with Crippen LogP contribution in [0.1, 0.15) is 0 Å². The Balaban J connectivity index is 2.41. The first-order valence-corrected chi connectivity index (χ1v) is 6.20. The molecule has 0 aliphatic carbocycles. The summed E-state index contributed by atoms with van der Waals surface area (Å²) < 4.78 is 25.1. The SMILES string of the molecule is O=S(=O)(c1cccc(Cl)c1)N1C=NCC1. The van der Waals surface area contributed by atoms with Crippen LogP contribution in [0, 0.1) is 0 Å². The Labute approximate surface area is 93.2 Å². The largest absolute Gasteiger partial charge is 0.273 e. The summed E-state index contributed by atoms with van der Waals surface area (Å²) in [5.74, 6) is 0. The highest BCUT2D eigenvalue weighted by Crippen LogP contribution is 2.19. The van der Waals surface area contributed by atoms with E-state index in [1.165, 1.54) is 22.8 Å². The van der Waals surface area contributed by atoms with Crippen molar-refractivity contribution in [2.45, 2.75) is 4.90 Å². The topological polar surface area (TPSA) is 49.7 Å². The predicted molar refractivity (Wildman–Crippen MR) is 58.7 cm³/mol. The molecule has 0 radical (unpaired) electrons. The predicted octanol–water partition coefficient (Wildman–Crippen LogP) is 1.37. The number of hydrogen-bond donors (Lipinski definition) is 0. The molecule has 6 heteroatoms. The fourth-order valence-electron chi connectivity index (χ4n) is 1.31. The molecule has 1 heterocycles. The van der Waals surface area contributed by atoms with Crippen LogP contribution in [-0.2, 0) is 10.0 Å². The van der Waals surface area contributed by atoms with Crippen LogP contribution in [0.4, 0.5) is 0 Å². The second-order valence-corrected chi connectivity index (χ2v) is 5.42. The van der Waals surface area contributed by atoms with Crippen molar-refractivity contribution in [2.24, 2.45) is 4.99 Å². The maximum absolute atomic E-state index is 12.0. The summed E-state index contributed by atoms with van der Waals surface area (Å²) in [6.45, 7) is 0.911. The van der Waals surface area contributed by atoms with Crippen LogP contribution in [0.5, 0.6) is 0 Å². The third-order valence-electron chi connectivity index (χ3n) is 2.06. The number of benzene rings is 1. The van der Waals surface area contributed by atoms with Crippen molar-refractivity contribution >= 4 is 28.0 Å². The lowest BCUT2D eigenvalue weighted by Gasteiger charge is -2.14. The standard InChI is InChI=1S/C9H9ClN2O2S/c10-8-2-1-3-9(6-8)15(13,14)12-5-4-11-7-12/h1-3,6-7H,4-5H2. The summed E-state index contributed by atoms with van der Waals surface area (Å²) in [5.41, 5.74) is 0. The molecule has 0 atom stereocenters. The molecule has 4 nitrogen and oxygen atoms in total. The van der Waals surface area contributed by atoms with E-state index in [4.69, 9.17) is 11.6 Å². The molecule has 1 aliphatic rings. The Bertz CT molecular complexity index is 499. The minimum Gasteiger partial charge on any atom is -0.273 e. The van der Waals surface area contributed by atoms with Crippen LogP contribution in [0.25, 0.3) is 0 Å². The van der Waals surface area contributed by atoms with Gasteiger partial charge in [0.2, 0.25) is 0 Å². The molecule has 0 amide bonds. The Hall–Kier alpha value is -1.07. The second kappa shape index (κ2) is 3.83. The van der Waals surface area contributed by atoms with Gasteiger partial charge in [0.15, 0.2) is 0 Å². The van der Waals surface area contributed by atoms with E-state index in [1.54, 1.807) is 12.1 Å². The van der Waals surface area contributed by atoms with E-state index in [2.05, 4.69) is 4.99 Å². The molecule has 1 aliphatic heterocycles. The minimum absolute atomic E-state index is 0.198. The Morgan fingerprint density at radius 3 is 2.80 bits per heavy atom. The molecule has 15 heavy (non-hydrogen) atoms. The van der Waals surface area contributed by atoms with Crippen molar-refractivity contribution in [1.82, 2.24) is 4.31 Å². The molecule has 0 aromatic heterocycles. The first kappa shape index (κ1) is 10.4. The maximum Gasteiger partial charge on any atom is 0.265 e. The third kappa shape index (κ3) is 1.98. The Morgan fingerprint density at radius 1 is 1.40 bits per heavy atom. The second-order valence-electron chi connectivity index (χ2n) is 3.09. The zero-order valence-electron chi connectivity index (χ0n) is 7.80. The first-order valence-electron chi connectivity index (χ1n) is 4.38. The number of nitrogens with zero attached hydrogens (tertiary/aromatic N) is 2. The lowest BCUT2D eigenvalue weighted by Crippen LogP contribution is -2.28. The van der Waals surface area contributed by atoms with E-state index >= 15 is 0 Å². The number of hydrogen-bond acceptors (Lipinski definition) is 3. The molecule has 1 aromatic carbocycles. The van der Waals surface area contributed by atoms with Crippen molar-refractivity contribution in [2.75, 3.05) is 13.1 Å². The van der Waals surface area contributed by atoms with Crippen LogP contribution in [0.15, 0.2) is 34.2 Å². The average Bonchev–Trinajstić information content (AvgIpc) is 2.71. The summed E-state index contributed by atoms with van der Waals surface area (Å²) in [5, 5.41) is 0.409. The molecule has 0 saturated carbocycles. The maximum atomic E-state index is 12.0. The highest BCUT2D eigenvalue weighted by atomic mass is 35.5. The summed E-state index contributed by atoms with van der Waals surface area (Å²) in [7, 11) is -3.46. The lowest BCUT2D eigenvalue weighted by molar-refractivity contribution is 0.541. The van der Waals surface area contributed by atoms with E-state index < -0.39 is 10.0 Å². The van der Waals surface area contributed by atoms with Gasteiger partial charge in [-0.2, -0.15) is 0 Å². The molecule has 0 bridgehead atoms. The van der Waals surface area contributed by atoms with E-state index in [1.807, 2.05) is 0 Å². The van der Waals surface area contributed by atoms with E-state index in [0.717, 1.165) is 0 Å². The van der Waals surface area contributed by atoms with Crippen molar-refractivity contribution < 1.29 is 8.42 Å². The summed E-state index contributed by atoms with van der Waals surface area (Å²) in [6.07, 6.45) is 1.34. The molecule has 2 rings (SSSR count). The van der Waals surface area contributed by atoms with Gasteiger partial charge in [-0.15, -0.1) is 0 Å².